The van der Waals surface area contributed by atoms with Gasteiger partial charge < -0.3 is 9.47 Å². The Hall–Kier alpha value is -1.06. The molecule has 0 unspecified atom stereocenters. The lowest BCUT2D eigenvalue weighted by Gasteiger charge is -2.26. The van der Waals surface area contributed by atoms with Gasteiger partial charge >= 0.3 is 11.9 Å². The third kappa shape index (κ3) is 1.10. The first-order valence-corrected chi connectivity index (χ1v) is 2.91. The Balaban J connectivity index is 2.73. The standard InChI is InChI=1S/C6H8O4/c1-6(2)5(8)9-3-4(7)10-6/h3H2,1-2H3. The first kappa shape index (κ1) is 7.05. The highest BCUT2D eigenvalue weighted by atomic mass is 16.6. The Morgan fingerprint density at radius 3 is 2.40 bits per heavy atom. The van der Waals surface area contributed by atoms with E-state index in [4.69, 9.17) is 0 Å². The smallest absolute Gasteiger partial charge is 0.350 e. The lowest BCUT2D eigenvalue weighted by atomic mass is 10.1. The fourth-order valence-corrected chi connectivity index (χ4v) is 0.654. The van der Waals surface area contributed by atoms with Crippen LogP contribution in [0.25, 0.3) is 0 Å². The zero-order valence-electron chi connectivity index (χ0n) is 5.84. The Labute approximate surface area is 58.1 Å². The molecule has 0 spiro atoms. The van der Waals surface area contributed by atoms with E-state index >= 15 is 0 Å². The second-order valence-corrected chi connectivity index (χ2v) is 2.56. The average molecular weight is 144 g/mol. The average Bonchev–Trinajstić information content (AvgIpc) is 1.78. The molecule has 10 heavy (non-hydrogen) atoms. The van der Waals surface area contributed by atoms with E-state index in [1.807, 2.05) is 0 Å². The van der Waals surface area contributed by atoms with Gasteiger partial charge in [-0.1, -0.05) is 0 Å². The Morgan fingerprint density at radius 1 is 1.40 bits per heavy atom. The summed E-state index contributed by atoms with van der Waals surface area (Å²) in [4.78, 5) is 21.3. The Bertz CT molecular complexity index is 182. The lowest BCUT2D eigenvalue weighted by molar-refractivity contribution is -0.195. The molecule has 1 fully saturated rings. The summed E-state index contributed by atoms with van der Waals surface area (Å²) in [6, 6.07) is 0. The number of hydrogen-bond donors (Lipinski definition) is 0. The van der Waals surface area contributed by atoms with Gasteiger partial charge in [-0.25, -0.2) is 9.59 Å². The van der Waals surface area contributed by atoms with Gasteiger partial charge in [0.15, 0.2) is 6.61 Å². The predicted molar refractivity (Wildman–Crippen MR) is 31.1 cm³/mol. The highest BCUT2D eigenvalue weighted by Gasteiger charge is 2.38. The van der Waals surface area contributed by atoms with Crippen molar-refractivity contribution in [2.24, 2.45) is 0 Å². The van der Waals surface area contributed by atoms with Gasteiger partial charge in [0.1, 0.15) is 0 Å². The van der Waals surface area contributed by atoms with Crippen molar-refractivity contribution in [1.29, 1.82) is 0 Å². The molecule has 0 saturated carbocycles. The minimum absolute atomic E-state index is 0.262. The summed E-state index contributed by atoms with van der Waals surface area (Å²) in [6.07, 6.45) is 0. The van der Waals surface area contributed by atoms with Crippen LogP contribution < -0.4 is 0 Å². The normalized spacial score (nSPS) is 23.4. The van der Waals surface area contributed by atoms with E-state index < -0.39 is 17.5 Å². The van der Waals surface area contributed by atoms with Gasteiger partial charge in [0.05, 0.1) is 0 Å². The molecule has 1 aliphatic heterocycles. The molecule has 0 aromatic rings. The molecule has 1 heterocycles. The molecule has 1 rings (SSSR count). The number of rotatable bonds is 0. The van der Waals surface area contributed by atoms with Crippen LogP contribution in [0.15, 0.2) is 0 Å². The van der Waals surface area contributed by atoms with E-state index in [9.17, 15) is 9.59 Å². The molecular formula is C6H8O4. The second kappa shape index (κ2) is 1.97. The lowest BCUT2D eigenvalue weighted by Crippen LogP contribution is -2.45. The molecule has 0 amide bonds. The van der Waals surface area contributed by atoms with E-state index in [1.165, 1.54) is 13.8 Å². The molecular weight excluding hydrogens is 136 g/mol. The number of esters is 2. The highest BCUT2D eigenvalue weighted by Crippen LogP contribution is 2.15. The van der Waals surface area contributed by atoms with Crippen molar-refractivity contribution in [2.45, 2.75) is 19.4 Å². The van der Waals surface area contributed by atoms with Gasteiger partial charge in [0, 0.05) is 0 Å². The number of hydrogen-bond acceptors (Lipinski definition) is 4. The first-order valence-electron chi connectivity index (χ1n) is 2.91. The monoisotopic (exact) mass is 144 g/mol. The summed E-state index contributed by atoms with van der Waals surface area (Å²) in [7, 11) is 0. The van der Waals surface area contributed by atoms with E-state index in [-0.39, 0.29) is 6.61 Å². The highest BCUT2D eigenvalue weighted by molar-refractivity contribution is 5.87. The number of ether oxygens (including phenoxy) is 2. The maximum absolute atomic E-state index is 10.8. The molecule has 1 saturated heterocycles. The van der Waals surface area contributed by atoms with E-state index in [0.29, 0.717) is 0 Å². The van der Waals surface area contributed by atoms with Crippen molar-refractivity contribution in [3.05, 3.63) is 0 Å². The molecule has 0 radical (unpaired) electrons. The summed E-state index contributed by atoms with van der Waals surface area (Å²) in [5.41, 5.74) is -1.10. The van der Waals surface area contributed by atoms with Crippen molar-refractivity contribution in [2.75, 3.05) is 6.61 Å². The maximum atomic E-state index is 10.8. The Morgan fingerprint density at radius 2 is 2.00 bits per heavy atom. The van der Waals surface area contributed by atoms with Crippen LogP contribution >= 0.6 is 0 Å². The molecule has 0 aromatic carbocycles. The van der Waals surface area contributed by atoms with E-state index in [0.717, 1.165) is 0 Å². The number of carbonyl (C=O) groups is 2. The summed E-state index contributed by atoms with van der Waals surface area (Å²) >= 11 is 0. The van der Waals surface area contributed by atoms with Crippen molar-refractivity contribution >= 4 is 11.9 Å². The van der Waals surface area contributed by atoms with Gasteiger partial charge in [-0.2, -0.15) is 0 Å². The van der Waals surface area contributed by atoms with Crippen molar-refractivity contribution in [3.8, 4) is 0 Å². The van der Waals surface area contributed by atoms with Gasteiger partial charge in [-0.3, -0.25) is 0 Å². The van der Waals surface area contributed by atoms with Gasteiger partial charge in [0.2, 0.25) is 5.60 Å². The van der Waals surface area contributed by atoms with Crippen LogP contribution in [0.1, 0.15) is 13.8 Å². The minimum Gasteiger partial charge on any atom is -0.451 e. The number of cyclic esters (lactones) is 2. The maximum Gasteiger partial charge on any atom is 0.350 e. The van der Waals surface area contributed by atoms with Gasteiger partial charge in [0.25, 0.3) is 0 Å². The fraction of sp³-hybridized carbons (Fsp3) is 0.667. The molecule has 0 aliphatic carbocycles. The van der Waals surface area contributed by atoms with Crippen molar-refractivity contribution < 1.29 is 19.1 Å². The molecule has 4 heteroatoms. The van der Waals surface area contributed by atoms with Crippen LogP contribution in [-0.4, -0.2) is 24.1 Å². The summed E-state index contributed by atoms with van der Waals surface area (Å²) in [6.45, 7) is 2.72. The topological polar surface area (TPSA) is 52.6 Å². The van der Waals surface area contributed by atoms with Crippen LogP contribution in [0.5, 0.6) is 0 Å². The van der Waals surface area contributed by atoms with Gasteiger partial charge in [-0.05, 0) is 13.8 Å². The molecule has 0 aromatic heterocycles. The van der Waals surface area contributed by atoms with E-state index in [1.54, 1.807) is 0 Å². The summed E-state index contributed by atoms with van der Waals surface area (Å²) < 4.78 is 9.16. The van der Waals surface area contributed by atoms with E-state index in [2.05, 4.69) is 9.47 Å². The van der Waals surface area contributed by atoms with Crippen LogP contribution in [0.2, 0.25) is 0 Å². The molecule has 4 nitrogen and oxygen atoms in total. The third-order valence-corrected chi connectivity index (χ3v) is 1.18. The summed E-state index contributed by atoms with van der Waals surface area (Å²) in [5, 5.41) is 0. The van der Waals surface area contributed by atoms with Crippen LogP contribution in [0, 0.1) is 0 Å². The first-order chi connectivity index (χ1) is 4.52. The van der Waals surface area contributed by atoms with Crippen LogP contribution in [0.3, 0.4) is 0 Å². The van der Waals surface area contributed by atoms with Crippen LogP contribution in [-0.2, 0) is 19.1 Å². The molecule has 0 atom stereocenters. The second-order valence-electron chi connectivity index (χ2n) is 2.56. The zero-order chi connectivity index (χ0) is 7.78. The largest absolute Gasteiger partial charge is 0.451 e. The molecule has 1 aliphatic rings. The fourth-order valence-electron chi connectivity index (χ4n) is 0.654. The van der Waals surface area contributed by atoms with Crippen LogP contribution in [0.4, 0.5) is 0 Å². The van der Waals surface area contributed by atoms with Crippen molar-refractivity contribution in [3.63, 3.8) is 0 Å². The van der Waals surface area contributed by atoms with Crippen molar-refractivity contribution in [1.82, 2.24) is 0 Å². The molecule has 0 bridgehead atoms. The van der Waals surface area contributed by atoms with Gasteiger partial charge in [-0.15, -0.1) is 0 Å². The number of carbonyl (C=O) groups excluding carboxylic acids is 2. The zero-order valence-corrected chi connectivity index (χ0v) is 5.84. The summed E-state index contributed by atoms with van der Waals surface area (Å²) in [5.74, 6) is -0.989. The quantitative estimate of drug-likeness (QED) is 0.444. The minimum atomic E-state index is -1.10. The SMILES string of the molecule is CC1(C)OC(=O)COC1=O. The predicted octanol–water partition coefficient (Wildman–Crippen LogP) is -0.135. The third-order valence-electron chi connectivity index (χ3n) is 1.18. The Kier molecular flexibility index (Phi) is 1.39. The molecule has 0 N–H and O–H groups in total. The molecule has 56 valence electrons.